The highest BCUT2D eigenvalue weighted by Crippen LogP contribution is 1.93. The molecule has 0 aromatic carbocycles. The van der Waals surface area contributed by atoms with E-state index in [1.165, 1.54) is 21.1 Å². The Morgan fingerprint density at radius 1 is 1.23 bits per heavy atom. The Balaban J connectivity index is 0. The van der Waals surface area contributed by atoms with Gasteiger partial charge in [-0.15, -0.1) is 0 Å². The van der Waals surface area contributed by atoms with Gasteiger partial charge >= 0.3 is 0 Å². The van der Waals surface area contributed by atoms with E-state index in [0.717, 1.165) is 0 Å². The molecular formula is C8H20O5. The minimum absolute atomic E-state index is 0.241. The molecule has 0 spiro atoms. The maximum Gasteiger partial charge on any atom is 0.180 e. The fraction of sp³-hybridized carbons (Fsp3) is 1.00. The van der Waals surface area contributed by atoms with Crippen LogP contribution in [-0.2, 0) is 14.2 Å². The van der Waals surface area contributed by atoms with Crippen LogP contribution >= 0.6 is 0 Å². The highest BCUT2D eigenvalue weighted by molar-refractivity contribution is 4.37. The number of rotatable bonds is 5. The Kier molecular flexibility index (Phi) is 13.9. The van der Waals surface area contributed by atoms with E-state index in [1.807, 2.05) is 0 Å². The van der Waals surface area contributed by atoms with E-state index in [4.69, 9.17) is 24.4 Å². The third-order valence-corrected chi connectivity index (χ3v) is 0.999. The molecule has 0 aliphatic rings. The molecule has 0 aromatic rings. The normalized spacial score (nSPS) is 12.2. The summed E-state index contributed by atoms with van der Waals surface area (Å²) >= 11 is 0. The molecule has 13 heavy (non-hydrogen) atoms. The van der Waals surface area contributed by atoms with Crippen molar-refractivity contribution in [3.63, 3.8) is 0 Å². The average molecular weight is 196 g/mol. The summed E-state index contributed by atoms with van der Waals surface area (Å²) in [6, 6.07) is 0. The van der Waals surface area contributed by atoms with Gasteiger partial charge in [0.1, 0.15) is 6.61 Å². The quantitative estimate of drug-likeness (QED) is 0.604. The van der Waals surface area contributed by atoms with Crippen molar-refractivity contribution in [2.24, 2.45) is 0 Å². The zero-order valence-corrected chi connectivity index (χ0v) is 8.69. The van der Waals surface area contributed by atoms with Crippen LogP contribution in [0.2, 0.25) is 0 Å². The van der Waals surface area contributed by atoms with Crippen LogP contribution in [0.25, 0.3) is 0 Å². The summed E-state index contributed by atoms with van der Waals surface area (Å²) in [7, 11) is 3.03. The first-order valence-corrected chi connectivity index (χ1v) is 4.08. The van der Waals surface area contributed by atoms with Crippen LogP contribution in [0.3, 0.4) is 0 Å². The fourth-order valence-electron chi connectivity index (χ4n) is 0.450. The van der Waals surface area contributed by atoms with Gasteiger partial charge < -0.3 is 24.4 Å². The predicted molar refractivity (Wildman–Crippen MR) is 48.2 cm³/mol. The lowest BCUT2D eigenvalue weighted by molar-refractivity contribution is -0.181. The molecule has 5 nitrogen and oxygen atoms in total. The topological polar surface area (TPSA) is 68.2 Å². The van der Waals surface area contributed by atoms with Gasteiger partial charge in [-0.2, -0.15) is 0 Å². The summed E-state index contributed by atoms with van der Waals surface area (Å²) in [6.45, 7) is 3.70. The molecule has 1 atom stereocenters. The maximum atomic E-state index is 8.66. The number of ether oxygens (including phenoxy) is 3. The largest absolute Gasteiger partial charge is 0.397 e. The second-order valence-electron chi connectivity index (χ2n) is 2.15. The molecule has 1 unspecified atom stereocenters. The smallest absolute Gasteiger partial charge is 0.180 e. The van der Waals surface area contributed by atoms with Crippen molar-refractivity contribution < 1.29 is 24.4 Å². The molecule has 0 saturated heterocycles. The predicted octanol–water partition coefficient (Wildman–Crippen LogP) is -0.0412. The van der Waals surface area contributed by atoms with Gasteiger partial charge in [-0.05, 0) is 13.8 Å². The Hall–Kier alpha value is -0.200. The maximum absolute atomic E-state index is 8.66. The highest BCUT2D eigenvalue weighted by atomic mass is 16.7. The molecule has 0 amide bonds. The molecule has 0 heterocycles. The second kappa shape index (κ2) is 11.8. The van der Waals surface area contributed by atoms with E-state index in [9.17, 15) is 0 Å². The summed E-state index contributed by atoms with van der Waals surface area (Å²) in [5.41, 5.74) is 0. The molecular weight excluding hydrogens is 176 g/mol. The zero-order valence-electron chi connectivity index (χ0n) is 8.69. The van der Waals surface area contributed by atoms with Crippen LogP contribution in [0.5, 0.6) is 0 Å². The molecule has 5 heteroatoms. The molecule has 0 aliphatic carbocycles. The van der Waals surface area contributed by atoms with Crippen molar-refractivity contribution in [3.8, 4) is 0 Å². The van der Waals surface area contributed by atoms with E-state index in [2.05, 4.69) is 0 Å². The van der Waals surface area contributed by atoms with Crippen molar-refractivity contribution in [2.75, 3.05) is 27.4 Å². The zero-order chi connectivity index (χ0) is 10.7. The Morgan fingerprint density at radius 3 is 1.85 bits per heavy atom. The van der Waals surface area contributed by atoms with Gasteiger partial charge in [0, 0.05) is 20.8 Å². The van der Waals surface area contributed by atoms with Crippen molar-refractivity contribution in [2.45, 2.75) is 26.4 Å². The second-order valence-corrected chi connectivity index (χ2v) is 2.15. The summed E-state index contributed by atoms with van der Waals surface area (Å²) in [6.07, 6.45) is -1.16. The number of methoxy groups -OCH3 is 2. The molecule has 0 aromatic heterocycles. The summed E-state index contributed by atoms with van der Waals surface area (Å²) < 4.78 is 14.4. The Labute approximate surface area is 79.2 Å². The lowest BCUT2D eigenvalue weighted by atomic mass is 10.6. The number of aliphatic hydroxyl groups excluding tert-OH is 2. The van der Waals surface area contributed by atoms with Gasteiger partial charge in [-0.25, -0.2) is 0 Å². The molecule has 0 aliphatic heterocycles. The molecule has 0 fully saturated rings. The van der Waals surface area contributed by atoms with E-state index >= 15 is 0 Å². The van der Waals surface area contributed by atoms with Crippen LogP contribution in [-0.4, -0.2) is 50.2 Å². The van der Waals surface area contributed by atoms with Gasteiger partial charge in [-0.3, -0.25) is 0 Å². The minimum atomic E-state index is -0.771. The van der Waals surface area contributed by atoms with Gasteiger partial charge in [0.2, 0.25) is 0 Å². The van der Waals surface area contributed by atoms with Crippen LogP contribution in [0.4, 0.5) is 0 Å². The van der Waals surface area contributed by atoms with Gasteiger partial charge in [0.25, 0.3) is 0 Å². The summed E-state index contributed by atoms with van der Waals surface area (Å²) in [4.78, 5) is 0. The van der Waals surface area contributed by atoms with Crippen molar-refractivity contribution in [1.29, 1.82) is 0 Å². The lowest BCUT2D eigenvalue weighted by Crippen LogP contribution is -2.23. The van der Waals surface area contributed by atoms with Gasteiger partial charge in [0.05, 0.1) is 0 Å². The monoisotopic (exact) mass is 196 g/mol. The van der Waals surface area contributed by atoms with E-state index in [0.29, 0.717) is 0 Å². The summed E-state index contributed by atoms with van der Waals surface area (Å²) in [5.74, 6) is 0. The third kappa shape index (κ3) is 14.6. The van der Waals surface area contributed by atoms with Crippen LogP contribution in [0.15, 0.2) is 0 Å². The van der Waals surface area contributed by atoms with Crippen molar-refractivity contribution in [1.82, 2.24) is 0 Å². The molecule has 0 radical (unpaired) electrons. The lowest BCUT2D eigenvalue weighted by Gasteiger charge is -2.14. The first-order valence-electron chi connectivity index (χ1n) is 4.08. The van der Waals surface area contributed by atoms with Gasteiger partial charge in [0.15, 0.2) is 12.6 Å². The molecule has 0 saturated carbocycles. The fourth-order valence-corrected chi connectivity index (χ4v) is 0.450. The van der Waals surface area contributed by atoms with Crippen LogP contribution in [0, 0.1) is 0 Å². The molecule has 82 valence electrons. The van der Waals surface area contributed by atoms with E-state index in [1.54, 1.807) is 6.92 Å². The van der Waals surface area contributed by atoms with Gasteiger partial charge in [-0.1, -0.05) is 0 Å². The Morgan fingerprint density at radius 2 is 1.62 bits per heavy atom. The highest BCUT2D eigenvalue weighted by Gasteiger charge is 2.05. The van der Waals surface area contributed by atoms with E-state index in [-0.39, 0.29) is 13.2 Å². The third-order valence-electron chi connectivity index (χ3n) is 0.999. The van der Waals surface area contributed by atoms with E-state index < -0.39 is 12.6 Å². The number of hydrogen-bond acceptors (Lipinski definition) is 5. The van der Waals surface area contributed by atoms with Crippen LogP contribution in [0.1, 0.15) is 13.8 Å². The van der Waals surface area contributed by atoms with Crippen LogP contribution < -0.4 is 0 Å². The first kappa shape index (κ1) is 15.3. The minimum Gasteiger partial charge on any atom is -0.397 e. The van der Waals surface area contributed by atoms with Crippen molar-refractivity contribution in [3.05, 3.63) is 0 Å². The summed E-state index contributed by atoms with van der Waals surface area (Å²) in [5, 5.41) is 16.2. The number of aliphatic hydroxyl groups is 2. The molecule has 0 rings (SSSR count). The standard InChI is InChI=1S/C6H14O4.C2H6O/c1-5(7)10-4-6(8-2)9-3;1-2-3/h5-7H,4H2,1-3H3;3H,2H2,1H3. The molecule has 0 bridgehead atoms. The SMILES string of the molecule is CCO.COC(COC(C)O)OC. The first-order chi connectivity index (χ1) is 6.12. The number of hydrogen-bond donors (Lipinski definition) is 2. The molecule has 2 N–H and O–H groups in total. The Bertz CT molecular complexity index is 82.6. The average Bonchev–Trinajstić information content (AvgIpc) is 2.07. The van der Waals surface area contributed by atoms with Crippen molar-refractivity contribution >= 4 is 0 Å².